The number of fused-ring (bicyclic) bond motifs is 1. The molecule has 1 aromatic rings. The number of nitrogens with zero attached hydrogens (tertiary/aromatic N) is 1. The zero-order valence-corrected chi connectivity index (χ0v) is 14.3. The lowest BCUT2D eigenvalue weighted by molar-refractivity contribution is 0.0914. The van der Waals surface area contributed by atoms with Gasteiger partial charge in [0.15, 0.2) is 0 Å². The van der Waals surface area contributed by atoms with Gasteiger partial charge in [-0.3, -0.25) is 9.10 Å². The number of anilines is 1. The summed E-state index contributed by atoms with van der Waals surface area (Å²) in [7, 11) is -3.25. The topological polar surface area (TPSA) is 78.5 Å². The second kappa shape index (κ2) is 6.13. The standard InChI is InChI=1S/C16H23N3O3S/c1-11-10-17-7-5-14(11)18-16(20)13-3-4-15-12(9-13)6-8-19(15)23(2,21)22/h3-4,9,11,14,17H,5-8,10H2,1-2H3,(H,18,20). The number of benzene rings is 1. The summed E-state index contributed by atoms with van der Waals surface area (Å²) in [6, 6.07) is 5.46. The molecule has 1 fully saturated rings. The van der Waals surface area contributed by atoms with E-state index in [2.05, 4.69) is 17.6 Å². The maximum Gasteiger partial charge on any atom is 0.251 e. The molecule has 126 valence electrons. The summed E-state index contributed by atoms with van der Waals surface area (Å²) in [4.78, 5) is 12.5. The lowest BCUT2D eigenvalue weighted by Crippen LogP contribution is -2.48. The Bertz CT molecular complexity index is 717. The maximum atomic E-state index is 12.5. The lowest BCUT2D eigenvalue weighted by Gasteiger charge is -2.30. The Morgan fingerprint density at radius 2 is 2.17 bits per heavy atom. The Labute approximate surface area is 137 Å². The summed E-state index contributed by atoms with van der Waals surface area (Å²) in [5, 5.41) is 6.42. The van der Waals surface area contributed by atoms with Crippen LogP contribution in [0.1, 0.15) is 29.3 Å². The molecule has 2 aliphatic rings. The molecular weight excluding hydrogens is 314 g/mol. The number of hydrogen-bond acceptors (Lipinski definition) is 4. The highest BCUT2D eigenvalue weighted by Crippen LogP contribution is 2.30. The van der Waals surface area contributed by atoms with Crippen LogP contribution in [0.4, 0.5) is 5.69 Å². The minimum atomic E-state index is -3.25. The Morgan fingerprint density at radius 3 is 2.87 bits per heavy atom. The van der Waals surface area contributed by atoms with Crippen molar-refractivity contribution in [1.82, 2.24) is 10.6 Å². The fraction of sp³-hybridized carbons (Fsp3) is 0.562. The number of amides is 1. The molecule has 1 saturated heterocycles. The first-order valence-electron chi connectivity index (χ1n) is 7.98. The fourth-order valence-corrected chi connectivity index (χ4v) is 4.30. The number of nitrogens with one attached hydrogen (secondary N) is 2. The van der Waals surface area contributed by atoms with Gasteiger partial charge >= 0.3 is 0 Å². The summed E-state index contributed by atoms with van der Waals surface area (Å²) < 4.78 is 24.9. The molecule has 2 heterocycles. The lowest BCUT2D eigenvalue weighted by atomic mass is 9.95. The third kappa shape index (κ3) is 3.35. The summed E-state index contributed by atoms with van der Waals surface area (Å²) in [6.07, 6.45) is 2.79. The van der Waals surface area contributed by atoms with Crippen LogP contribution in [-0.4, -0.2) is 46.3 Å². The van der Waals surface area contributed by atoms with Gasteiger partial charge < -0.3 is 10.6 Å². The smallest absolute Gasteiger partial charge is 0.251 e. The highest BCUT2D eigenvalue weighted by atomic mass is 32.2. The van der Waals surface area contributed by atoms with Gasteiger partial charge in [0.1, 0.15) is 0 Å². The number of piperidine rings is 1. The van der Waals surface area contributed by atoms with Gasteiger partial charge in [-0.1, -0.05) is 6.92 Å². The van der Waals surface area contributed by atoms with Crippen molar-refractivity contribution in [2.75, 3.05) is 30.2 Å². The van der Waals surface area contributed by atoms with Crippen LogP contribution in [-0.2, 0) is 16.4 Å². The van der Waals surface area contributed by atoms with Crippen molar-refractivity contribution in [3.8, 4) is 0 Å². The molecule has 2 atom stereocenters. The van der Waals surface area contributed by atoms with Crippen LogP contribution in [0, 0.1) is 5.92 Å². The Hall–Kier alpha value is -1.60. The normalized spacial score (nSPS) is 24.3. The average Bonchev–Trinajstić information content (AvgIpc) is 2.92. The molecule has 0 aliphatic carbocycles. The first-order chi connectivity index (χ1) is 10.9. The first kappa shape index (κ1) is 16.3. The molecule has 23 heavy (non-hydrogen) atoms. The monoisotopic (exact) mass is 337 g/mol. The third-order valence-corrected chi connectivity index (χ3v) is 5.88. The van der Waals surface area contributed by atoms with Gasteiger partial charge in [-0.2, -0.15) is 0 Å². The summed E-state index contributed by atoms with van der Waals surface area (Å²) in [6.45, 7) is 4.41. The third-order valence-electron chi connectivity index (χ3n) is 4.70. The molecule has 1 aromatic carbocycles. The molecule has 2 aliphatic heterocycles. The van der Waals surface area contributed by atoms with E-state index >= 15 is 0 Å². The van der Waals surface area contributed by atoms with Gasteiger partial charge in [-0.15, -0.1) is 0 Å². The van der Waals surface area contributed by atoms with Gasteiger partial charge in [0, 0.05) is 18.2 Å². The van der Waals surface area contributed by atoms with E-state index in [0.717, 1.165) is 25.1 Å². The van der Waals surface area contributed by atoms with Crippen molar-refractivity contribution in [2.45, 2.75) is 25.8 Å². The second-order valence-electron chi connectivity index (χ2n) is 6.48. The highest BCUT2D eigenvalue weighted by molar-refractivity contribution is 7.92. The van der Waals surface area contributed by atoms with Gasteiger partial charge in [-0.25, -0.2) is 8.42 Å². The van der Waals surface area contributed by atoms with E-state index in [9.17, 15) is 13.2 Å². The molecule has 2 N–H and O–H groups in total. The summed E-state index contributed by atoms with van der Waals surface area (Å²) in [5.74, 6) is 0.326. The molecule has 6 nitrogen and oxygen atoms in total. The molecule has 0 bridgehead atoms. The number of rotatable bonds is 3. The van der Waals surface area contributed by atoms with Crippen LogP contribution in [0.3, 0.4) is 0 Å². The van der Waals surface area contributed by atoms with E-state index in [1.54, 1.807) is 12.1 Å². The summed E-state index contributed by atoms with van der Waals surface area (Å²) >= 11 is 0. The fourth-order valence-electron chi connectivity index (χ4n) is 3.34. The SMILES string of the molecule is CC1CNCCC1NC(=O)c1ccc2c(c1)CCN2S(C)(=O)=O. The van der Waals surface area contributed by atoms with Crippen LogP contribution in [0.25, 0.3) is 0 Å². The Balaban J connectivity index is 1.76. The van der Waals surface area contributed by atoms with Crippen molar-refractivity contribution in [1.29, 1.82) is 0 Å². The van der Waals surface area contributed by atoms with E-state index in [-0.39, 0.29) is 11.9 Å². The van der Waals surface area contributed by atoms with E-state index in [4.69, 9.17) is 0 Å². The first-order valence-corrected chi connectivity index (χ1v) is 9.83. The Kier molecular flexibility index (Phi) is 4.33. The minimum Gasteiger partial charge on any atom is -0.349 e. The van der Waals surface area contributed by atoms with E-state index < -0.39 is 10.0 Å². The predicted octanol–water partition coefficient (Wildman–Crippen LogP) is 0.736. The Morgan fingerprint density at radius 1 is 1.39 bits per heavy atom. The number of sulfonamides is 1. The van der Waals surface area contributed by atoms with Crippen molar-refractivity contribution in [2.24, 2.45) is 5.92 Å². The maximum absolute atomic E-state index is 12.5. The largest absolute Gasteiger partial charge is 0.349 e. The van der Waals surface area contributed by atoms with Crippen LogP contribution >= 0.6 is 0 Å². The van der Waals surface area contributed by atoms with E-state index in [1.165, 1.54) is 10.6 Å². The number of carbonyl (C=O) groups is 1. The minimum absolute atomic E-state index is 0.0793. The predicted molar refractivity (Wildman–Crippen MR) is 90.2 cm³/mol. The van der Waals surface area contributed by atoms with Crippen LogP contribution in [0.2, 0.25) is 0 Å². The molecule has 0 saturated carbocycles. The zero-order valence-electron chi connectivity index (χ0n) is 13.5. The van der Waals surface area contributed by atoms with Crippen LogP contribution < -0.4 is 14.9 Å². The molecule has 0 aromatic heterocycles. The quantitative estimate of drug-likeness (QED) is 0.853. The molecule has 2 unspecified atom stereocenters. The average molecular weight is 337 g/mol. The van der Waals surface area contributed by atoms with Gasteiger partial charge in [-0.05, 0) is 55.6 Å². The van der Waals surface area contributed by atoms with Crippen molar-refractivity contribution < 1.29 is 13.2 Å². The van der Waals surface area contributed by atoms with E-state index in [1.807, 2.05) is 6.07 Å². The van der Waals surface area contributed by atoms with Crippen molar-refractivity contribution in [3.63, 3.8) is 0 Å². The highest BCUT2D eigenvalue weighted by Gasteiger charge is 2.28. The summed E-state index contributed by atoms with van der Waals surface area (Å²) in [5.41, 5.74) is 2.21. The van der Waals surface area contributed by atoms with Gasteiger partial charge in [0.25, 0.3) is 5.91 Å². The van der Waals surface area contributed by atoms with Crippen LogP contribution in [0.15, 0.2) is 18.2 Å². The zero-order chi connectivity index (χ0) is 16.6. The molecule has 3 rings (SSSR count). The second-order valence-corrected chi connectivity index (χ2v) is 8.39. The molecule has 0 spiro atoms. The van der Waals surface area contributed by atoms with Gasteiger partial charge in [0.05, 0.1) is 11.9 Å². The molecule has 7 heteroatoms. The van der Waals surface area contributed by atoms with Crippen molar-refractivity contribution >= 4 is 21.6 Å². The molecule has 0 radical (unpaired) electrons. The van der Waals surface area contributed by atoms with E-state index in [0.29, 0.717) is 30.1 Å². The molecule has 1 amide bonds. The van der Waals surface area contributed by atoms with Crippen molar-refractivity contribution in [3.05, 3.63) is 29.3 Å². The van der Waals surface area contributed by atoms with Gasteiger partial charge in [0.2, 0.25) is 10.0 Å². The van der Waals surface area contributed by atoms with Crippen LogP contribution in [0.5, 0.6) is 0 Å². The number of carbonyl (C=O) groups excluding carboxylic acids is 1. The molecular formula is C16H23N3O3S. The number of hydrogen-bond donors (Lipinski definition) is 2.